The van der Waals surface area contributed by atoms with Crippen molar-refractivity contribution in [1.29, 1.82) is 0 Å². The van der Waals surface area contributed by atoms with E-state index in [9.17, 15) is 24.6 Å². The van der Waals surface area contributed by atoms with Crippen molar-refractivity contribution >= 4 is 39.9 Å². The number of aryl methyl sites for hydroxylation is 2. The average Bonchev–Trinajstić information content (AvgIpc) is 3.39. The minimum Gasteiger partial charge on any atom is -0.507 e. The third-order valence-corrected chi connectivity index (χ3v) is 7.15. The number of anilines is 1. The van der Waals surface area contributed by atoms with Gasteiger partial charge in [-0.05, 0) is 55.3 Å². The van der Waals surface area contributed by atoms with Gasteiger partial charge in [0.1, 0.15) is 16.4 Å². The Morgan fingerprint density at radius 3 is 2.41 bits per heavy atom. The number of thiazole rings is 1. The second-order valence-corrected chi connectivity index (χ2v) is 9.16. The maximum Gasteiger partial charge on any atom is 0.350 e. The van der Waals surface area contributed by atoms with Gasteiger partial charge in [0.25, 0.3) is 5.78 Å². The number of hydrogen-bond donors (Lipinski definition) is 2. The Labute approximate surface area is 216 Å². The zero-order valence-electron chi connectivity index (χ0n) is 20.7. The van der Waals surface area contributed by atoms with E-state index in [2.05, 4.69) is 4.98 Å². The average molecular weight is 525 g/mol. The minimum atomic E-state index is -1.13. The first-order valence-electron chi connectivity index (χ1n) is 11.0. The molecule has 1 atom stereocenters. The van der Waals surface area contributed by atoms with Crippen molar-refractivity contribution in [3.63, 3.8) is 0 Å². The maximum atomic E-state index is 13.4. The number of methoxy groups -OCH3 is 3. The van der Waals surface area contributed by atoms with Gasteiger partial charge in [-0.1, -0.05) is 17.4 Å². The molecule has 11 heteroatoms. The number of ketones is 1. The Kier molecular flexibility index (Phi) is 6.90. The number of phenolic OH excluding ortho intramolecular Hbond substituents is 1. The number of hydrogen-bond acceptors (Lipinski definition) is 10. The van der Waals surface area contributed by atoms with E-state index in [-0.39, 0.29) is 32.8 Å². The molecule has 192 valence electrons. The molecule has 3 aromatic rings. The molecule has 2 aromatic carbocycles. The molecule has 1 aliphatic rings. The van der Waals surface area contributed by atoms with Crippen LogP contribution in [0.2, 0.25) is 0 Å². The Balaban J connectivity index is 1.98. The lowest BCUT2D eigenvalue weighted by atomic mass is 9.93. The molecule has 37 heavy (non-hydrogen) atoms. The van der Waals surface area contributed by atoms with E-state index in [0.29, 0.717) is 28.1 Å². The Bertz CT molecular complexity index is 1460. The third-order valence-electron chi connectivity index (χ3n) is 6.01. The van der Waals surface area contributed by atoms with E-state index in [1.807, 2.05) is 0 Å². The monoisotopic (exact) mass is 524 g/mol. The smallest absolute Gasteiger partial charge is 0.350 e. The van der Waals surface area contributed by atoms with Crippen LogP contribution >= 0.6 is 11.3 Å². The number of benzene rings is 2. The zero-order valence-corrected chi connectivity index (χ0v) is 21.5. The number of amides is 1. The summed E-state index contributed by atoms with van der Waals surface area (Å²) in [4.78, 5) is 44.6. The van der Waals surface area contributed by atoms with Crippen LogP contribution in [0.25, 0.3) is 5.76 Å². The maximum absolute atomic E-state index is 13.4. The molecule has 0 saturated carbocycles. The predicted octanol–water partition coefficient (Wildman–Crippen LogP) is 3.90. The molecule has 0 bridgehead atoms. The van der Waals surface area contributed by atoms with Gasteiger partial charge >= 0.3 is 11.9 Å². The van der Waals surface area contributed by atoms with Gasteiger partial charge in [-0.25, -0.2) is 9.78 Å². The first kappa shape index (κ1) is 25.7. The number of aromatic hydroxyl groups is 1. The molecule has 1 aromatic heterocycles. The highest BCUT2D eigenvalue weighted by molar-refractivity contribution is 7.17. The number of ether oxygens (including phenoxy) is 3. The van der Waals surface area contributed by atoms with Gasteiger partial charge in [-0.15, -0.1) is 0 Å². The Morgan fingerprint density at radius 2 is 1.78 bits per heavy atom. The summed E-state index contributed by atoms with van der Waals surface area (Å²) >= 11 is 0.890. The van der Waals surface area contributed by atoms with Crippen LogP contribution < -0.4 is 14.4 Å². The van der Waals surface area contributed by atoms with E-state index in [1.54, 1.807) is 32.0 Å². The Hall–Kier alpha value is -4.38. The topological polar surface area (TPSA) is 135 Å². The van der Waals surface area contributed by atoms with Crippen molar-refractivity contribution < 1.29 is 38.8 Å². The van der Waals surface area contributed by atoms with Gasteiger partial charge in [-0.3, -0.25) is 14.5 Å². The molecule has 2 heterocycles. The molecular weight excluding hydrogens is 500 g/mol. The second-order valence-electron chi connectivity index (χ2n) is 8.18. The van der Waals surface area contributed by atoms with Crippen LogP contribution in [0.1, 0.15) is 38.1 Å². The minimum absolute atomic E-state index is 0.0718. The highest BCUT2D eigenvalue weighted by Gasteiger charge is 2.48. The van der Waals surface area contributed by atoms with Crippen molar-refractivity contribution in [3.05, 3.63) is 69.2 Å². The number of nitrogens with zero attached hydrogens (tertiary/aromatic N) is 2. The number of carbonyl (C=O) groups is 3. The summed E-state index contributed by atoms with van der Waals surface area (Å²) in [6.45, 7) is 3.32. The number of aliphatic hydroxyl groups excluding tert-OH is 1. The van der Waals surface area contributed by atoms with Crippen LogP contribution in [0.15, 0.2) is 42.0 Å². The molecule has 0 spiro atoms. The third kappa shape index (κ3) is 4.38. The summed E-state index contributed by atoms with van der Waals surface area (Å²) in [5, 5.41) is 21.6. The van der Waals surface area contributed by atoms with E-state index >= 15 is 0 Å². The van der Waals surface area contributed by atoms with Gasteiger partial charge in [0.05, 0.1) is 38.6 Å². The molecule has 1 aliphatic heterocycles. The molecule has 0 radical (unpaired) electrons. The molecule has 1 saturated heterocycles. The van der Waals surface area contributed by atoms with E-state index < -0.39 is 23.7 Å². The number of esters is 1. The summed E-state index contributed by atoms with van der Waals surface area (Å²) in [5.74, 6) is -2.37. The van der Waals surface area contributed by atoms with E-state index in [0.717, 1.165) is 16.2 Å². The molecule has 1 fully saturated rings. The normalized spacial score (nSPS) is 16.7. The standard InChI is InChI=1S/C26H24N2O8S/c1-12-10-15(34-3)7-8-16(12)21(30)19-20(14-6-9-17(29)18(11-14)35-4)28(24(32)22(19)31)26-27-13(2)23(37-26)25(33)36-5/h6-11,20,29-30H,1-5H3/b21-19+. The second kappa shape index (κ2) is 9.94. The van der Waals surface area contributed by atoms with Gasteiger partial charge in [0, 0.05) is 5.56 Å². The molecule has 2 N–H and O–H groups in total. The largest absolute Gasteiger partial charge is 0.507 e. The van der Waals surface area contributed by atoms with Crippen LogP contribution in [0.5, 0.6) is 17.2 Å². The van der Waals surface area contributed by atoms with Crippen LogP contribution in [-0.2, 0) is 14.3 Å². The Morgan fingerprint density at radius 1 is 1.05 bits per heavy atom. The fourth-order valence-corrected chi connectivity index (χ4v) is 5.16. The van der Waals surface area contributed by atoms with Gasteiger partial charge < -0.3 is 24.4 Å². The number of aliphatic hydroxyl groups is 1. The summed E-state index contributed by atoms with van der Waals surface area (Å²) in [6, 6.07) is 8.12. The number of rotatable bonds is 6. The quantitative estimate of drug-likeness (QED) is 0.213. The highest BCUT2D eigenvalue weighted by atomic mass is 32.1. The summed E-state index contributed by atoms with van der Waals surface area (Å²) in [5.41, 5.74) is 1.46. The van der Waals surface area contributed by atoms with Crippen molar-refractivity contribution in [2.75, 3.05) is 26.2 Å². The molecule has 1 amide bonds. The fraction of sp³-hybridized carbons (Fsp3) is 0.231. The van der Waals surface area contributed by atoms with Crippen LogP contribution in [0.4, 0.5) is 5.13 Å². The summed E-state index contributed by atoms with van der Waals surface area (Å²) in [6.07, 6.45) is 0. The molecule has 10 nitrogen and oxygen atoms in total. The van der Waals surface area contributed by atoms with Crippen LogP contribution in [0.3, 0.4) is 0 Å². The molecule has 0 aliphatic carbocycles. The predicted molar refractivity (Wildman–Crippen MR) is 135 cm³/mol. The van der Waals surface area contributed by atoms with Crippen molar-refractivity contribution in [1.82, 2.24) is 4.98 Å². The van der Waals surface area contributed by atoms with Crippen molar-refractivity contribution in [3.8, 4) is 17.2 Å². The first-order chi connectivity index (χ1) is 17.6. The van der Waals surface area contributed by atoms with Crippen molar-refractivity contribution in [2.45, 2.75) is 19.9 Å². The molecule has 1 unspecified atom stereocenters. The first-order valence-corrected chi connectivity index (χ1v) is 11.8. The van der Waals surface area contributed by atoms with Gasteiger partial charge in [0.2, 0.25) is 0 Å². The SMILES string of the molecule is COC(=O)c1sc(N2C(=O)C(=O)/C(=C(/O)c3ccc(OC)cc3C)C2c2ccc(O)c(OC)c2)nc1C. The molecule has 4 rings (SSSR count). The zero-order chi connectivity index (χ0) is 27.0. The lowest BCUT2D eigenvalue weighted by Gasteiger charge is -2.23. The number of phenols is 1. The highest BCUT2D eigenvalue weighted by Crippen LogP contribution is 2.45. The number of carbonyl (C=O) groups excluding carboxylic acids is 3. The summed E-state index contributed by atoms with van der Waals surface area (Å²) in [7, 11) is 4.10. The van der Waals surface area contributed by atoms with Gasteiger partial charge in [-0.2, -0.15) is 0 Å². The fourth-order valence-electron chi connectivity index (χ4n) is 4.15. The summed E-state index contributed by atoms with van der Waals surface area (Å²) < 4.78 is 15.3. The number of aromatic nitrogens is 1. The number of Topliss-reactive ketones (excluding diaryl/α,β-unsaturated/α-hetero) is 1. The molecular formula is C26H24N2O8S. The van der Waals surface area contributed by atoms with Gasteiger partial charge in [0.15, 0.2) is 16.6 Å². The van der Waals surface area contributed by atoms with E-state index in [4.69, 9.17) is 14.2 Å². The van der Waals surface area contributed by atoms with E-state index in [1.165, 1.54) is 39.5 Å². The van der Waals surface area contributed by atoms with Crippen molar-refractivity contribution in [2.24, 2.45) is 0 Å². The lowest BCUT2D eigenvalue weighted by Crippen LogP contribution is -2.29. The van der Waals surface area contributed by atoms with Crippen LogP contribution in [0, 0.1) is 13.8 Å². The van der Waals surface area contributed by atoms with Crippen LogP contribution in [-0.4, -0.2) is 54.2 Å². The lowest BCUT2D eigenvalue weighted by molar-refractivity contribution is -0.132.